The number of benzene rings is 1. The molecule has 112 valence electrons. The van der Waals surface area contributed by atoms with E-state index < -0.39 is 5.79 Å². The summed E-state index contributed by atoms with van der Waals surface area (Å²) >= 11 is 0. The molecule has 3 rings (SSSR count). The van der Waals surface area contributed by atoms with Gasteiger partial charge in [0.25, 0.3) is 0 Å². The minimum atomic E-state index is -0.729. The van der Waals surface area contributed by atoms with Crippen molar-refractivity contribution < 1.29 is 18.3 Å². The third-order valence-electron chi connectivity index (χ3n) is 3.51. The van der Waals surface area contributed by atoms with Crippen LogP contribution in [0.25, 0.3) is 0 Å². The fourth-order valence-electron chi connectivity index (χ4n) is 2.46. The first-order valence-electron chi connectivity index (χ1n) is 6.97. The van der Waals surface area contributed by atoms with Crippen LogP contribution in [0.2, 0.25) is 0 Å². The largest absolute Gasteiger partial charge is 0.425 e. The van der Waals surface area contributed by atoms with Crippen molar-refractivity contribution in [1.82, 2.24) is 10.2 Å². The van der Waals surface area contributed by atoms with E-state index in [2.05, 4.69) is 10.2 Å². The predicted octanol–water partition coefficient (Wildman–Crippen LogP) is 2.44. The zero-order chi connectivity index (χ0) is 14.7. The molecule has 1 aromatic carbocycles. The fourth-order valence-corrected chi connectivity index (χ4v) is 2.46. The lowest BCUT2D eigenvalue weighted by molar-refractivity contribution is -0.163. The lowest BCUT2D eigenvalue weighted by Crippen LogP contribution is -2.33. The molecule has 0 radical (unpaired) electrons. The van der Waals surface area contributed by atoms with Gasteiger partial charge in [0, 0.05) is 13.3 Å². The Kier molecular flexibility index (Phi) is 3.98. The second kappa shape index (κ2) is 5.91. The third-order valence-corrected chi connectivity index (χ3v) is 3.51. The highest BCUT2D eigenvalue weighted by molar-refractivity contribution is 5.16. The maximum Gasteiger partial charge on any atom is 0.221 e. The van der Waals surface area contributed by atoms with Gasteiger partial charge in [-0.05, 0) is 24.1 Å². The van der Waals surface area contributed by atoms with Gasteiger partial charge >= 0.3 is 0 Å². The van der Waals surface area contributed by atoms with Crippen molar-refractivity contribution in [3.05, 3.63) is 47.4 Å². The van der Waals surface area contributed by atoms with Crippen LogP contribution >= 0.6 is 0 Å². The maximum atomic E-state index is 12.9. The van der Waals surface area contributed by atoms with E-state index in [1.165, 1.54) is 12.1 Å². The summed E-state index contributed by atoms with van der Waals surface area (Å²) < 4.78 is 29.9. The van der Waals surface area contributed by atoms with E-state index >= 15 is 0 Å². The molecule has 0 spiro atoms. The van der Waals surface area contributed by atoms with Crippen molar-refractivity contribution in [1.29, 1.82) is 0 Å². The molecule has 1 aliphatic rings. The van der Waals surface area contributed by atoms with E-state index in [-0.39, 0.29) is 5.82 Å². The minimum absolute atomic E-state index is 0.233. The molecular formula is C15H17FN2O3. The molecular weight excluding hydrogens is 275 g/mol. The molecule has 0 bridgehead atoms. The molecule has 21 heavy (non-hydrogen) atoms. The summed E-state index contributed by atoms with van der Waals surface area (Å²) in [6.45, 7) is 2.85. The number of hydrogen-bond donors (Lipinski definition) is 0. The Labute approximate surface area is 122 Å². The van der Waals surface area contributed by atoms with Gasteiger partial charge in [-0.25, -0.2) is 4.39 Å². The monoisotopic (exact) mass is 292 g/mol. The number of halogens is 1. The van der Waals surface area contributed by atoms with Crippen LogP contribution in [0.4, 0.5) is 4.39 Å². The molecule has 1 fully saturated rings. The van der Waals surface area contributed by atoms with Gasteiger partial charge < -0.3 is 13.9 Å². The molecule has 0 N–H and O–H groups in total. The molecule has 0 amide bonds. The molecule has 0 aliphatic carbocycles. The van der Waals surface area contributed by atoms with Crippen LogP contribution < -0.4 is 0 Å². The van der Waals surface area contributed by atoms with Crippen LogP contribution in [-0.2, 0) is 22.3 Å². The van der Waals surface area contributed by atoms with Gasteiger partial charge in [-0.1, -0.05) is 12.1 Å². The SMILES string of the molecule is Cc1nnc(CC2(CCc3ccc(F)cc3)OCCO2)o1. The summed E-state index contributed by atoms with van der Waals surface area (Å²) in [5.41, 5.74) is 1.04. The van der Waals surface area contributed by atoms with Gasteiger partial charge in [-0.15, -0.1) is 10.2 Å². The average Bonchev–Trinajstić information content (AvgIpc) is 3.09. The van der Waals surface area contributed by atoms with Gasteiger partial charge in [0.05, 0.1) is 19.6 Å². The summed E-state index contributed by atoms with van der Waals surface area (Å²) in [7, 11) is 0. The van der Waals surface area contributed by atoms with Crippen LogP contribution in [0.3, 0.4) is 0 Å². The van der Waals surface area contributed by atoms with Gasteiger partial charge in [0.1, 0.15) is 5.82 Å². The molecule has 2 heterocycles. The standard InChI is InChI=1S/C15H17FN2O3/c1-11-17-18-14(21-11)10-15(19-8-9-20-15)7-6-12-2-4-13(16)5-3-12/h2-5H,6-10H2,1H3. The molecule has 1 aromatic heterocycles. The van der Waals surface area contributed by atoms with E-state index in [1.807, 2.05) is 0 Å². The Morgan fingerprint density at radius 3 is 2.48 bits per heavy atom. The second-order valence-corrected chi connectivity index (χ2v) is 5.13. The Balaban J connectivity index is 1.67. The number of aromatic nitrogens is 2. The normalized spacial score (nSPS) is 17.2. The number of rotatable bonds is 5. The highest BCUT2D eigenvalue weighted by atomic mass is 19.1. The van der Waals surface area contributed by atoms with E-state index in [9.17, 15) is 4.39 Å². The molecule has 6 heteroatoms. The third kappa shape index (κ3) is 3.46. The zero-order valence-electron chi connectivity index (χ0n) is 11.8. The Hall–Kier alpha value is -1.79. The minimum Gasteiger partial charge on any atom is -0.425 e. The zero-order valence-corrected chi connectivity index (χ0v) is 11.8. The Bertz CT molecular complexity index is 591. The molecule has 2 aromatic rings. The van der Waals surface area contributed by atoms with Gasteiger partial charge in [-0.2, -0.15) is 0 Å². The molecule has 1 saturated heterocycles. The Morgan fingerprint density at radius 2 is 1.86 bits per heavy atom. The lowest BCUT2D eigenvalue weighted by atomic mass is 10.0. The highest BCUT2D eigenvalue weighted by Crippen LogP contribution is 2.29. The number of nitrogens with zero attached hydrogens (tertiary/aromatic N) is 2. The van der Waals surface area contributed by atoms with E-state index in [1.54, 1.807) is 19.1 Å². The number of aryl methyl sites for hydroxylation is 2. The summed E-state index contributed by atoms with van der Waals surface area (Å²) in [5.74, 6) is 0.0706. The van der Waals surface area contributed by atoms with Gasteiger partial charge in [-0.3, -0.25) is 0 Å². The van der Waals surface area contributed by atoms with E-state index in [0.29, 0.717) is 37.8 Å². The summed E-state index contributed by atoms with van der Waals surface area (Å²) in [6.07, 6.45) is 1.81. The van der Waals surface area contributed by atoms with Crippen molar-refractivity contribution in [2.75, 3.05) is 13.2 Å². The molecule has 0 atom stereocenters. The lowest BCUT2D eigenvalue weighted by Gasteiger charge is -2.25. The van der Waals surface area contributed by atoms with Crippen molar-refractivity contribution in [2.24, 2.45) is 0 Å². The fraction of sp³-hybridized carbons (Fsp3) is 0.467. The van der Waals surface area contributed by atoms with Gasteiger partial charge in [0.15, 0.2) is 5.79 Å². The van der Waals surface area contributed by atoms with Crippen molar-refractivity contribution >= 4 is 0 Å². The molecule has 5 nitrogen and oxygen atoms in total. The van der Waals surface area contributed by atoms with Crippen molar-refractivity contribution in [2.45, 2.75) is 32.0 Å². The molecule has 0 unspecified atom stereocenters. The van der Waals surface area contributed by atoms with E-state index in [0.717, 1.165) is 12.0 Å². The van der Waals surface area contributed by atoms with Crippen LogP contribution in [0.15, 0.2) is 28.7 Å². The maximum absolute atomic E-state index is 12.9. The van der Waals surface area contributed by atoms with Crippen LogP contribution in [0.1, 0.15) is 23.8 Å². The first kappa shape index (κ1) is 14.2. The average molecular weight is 292 g/mol. The predicted molar refractivity (Wildman–Crippen MR) is 72.1 cm³/mol. The van der Waals surface area contributed by atoms with Crippen LogP contribution in [0.5, 0.6) is 0 Å². The van der Waals surface area contributed by atoms with Crippen molar-refractivity contribution in [3.8, 4) is 0 Å². The summed E-state index contributed by atoms with van der Waals surface area (Å²) in [6, 6.07) is 6.46. The number of hydrogen-bond acceptors (Lipinski definition) is 5. The summed E-state index contributed by atoms with van der Waals surface area (Å²) in [5, 5.41) is 7.81. The van der Waals surface area contributed by atoms with Crippen LogP contribution in [0, 0.1) is 12.7 Å². The first-order valence-corrected chi connectivity index (χ1v) is 6.97. The highest BCUT2D eigenvalue weighted by Gasteiger charge is 2.38. The summed E-state index contributed by atoms with van der Waals surface area (Å²) in [4.78, 5) is 0. The van der Waals surface area contributed by atoms with Crippen LogP contribution in [-0.4, -0.2) is 29.2 Å². The smallest absolute Gasteiger partial charge is 0.221 e. The van der Waals surface area contributed by atoms with Gasteiger partial charge in [0.2, 0.25) is 11.8 Å². The van der Waals surface area contributed by atoms with Crippen molar-refractivity contribution in [3.63, 3.8) is 0 Å². The first-order chi connectivity index (χ1) is 10.2. The number of ether oxygens (including phenoxy) is 2. The molecule has 0 saturated carbocycles. The quantitative estimate of drug-likeness (QED) is 0.847. The second-order valence-electron chi connectivity index (χ2n) is 5.13. The van der Waals surface area contributed by atoms with E-state index in [4.69, 9.17) is 13.9 Å². The topological polar surface area (TPSA) is 57.4 Å². The Morgan fingerprint density at radius 1 is 1.14 bits per heavy atom. The molecule has 1 aliphatic heterocycles.